The Labute approximate surface area is 123 Å². The van der Waals surface area contributed by atoms with Crippen LogP contribution in [0.15, 0.2) is 35.1 Å². The second kappa shape index (κ2) is 5.09. The molecule has 0 bridgehead atoms. The predicted molar refractivity (Wildman–Crippen MR) is 76.3 cm³/mol. The van der Waals surface area contributed by atoms with Gasteiger partial charge >= 0.3 is 0 Å². The normalized spacial score (nSPS) is 10.8. The minimum Gasteiger partial charge on any atom is -0.497 e. The first-order chi connectivity index (χ1) is 9.69. The Hall–Kier alpha value is -2.15. The van der Waals surface area contributed by atoms with E-state index in [0.29, 0.717) is 17.3 Å². The Bertz CT molecular complexity index is 772. The summed E-state index contributed by atoms with van der Waals surface area (Å²) in [6.07, 6.45) is 3.44. The SMILES string of the molecule is COc1ccc(Oc2nccn3c(C)nnc23)c(Br)c1. The molecule has 0 fully saturated rings. The standard InChI is InChI=1S/C13H11BrN4O2/c1-8-16-17-12-13(15-5-6-18(8)12)20-11-4-3-9(19-2)7-10(11)14/h3-7H,1-2H3. The van der Waals surface area contributed by atoms with Gasteiger partial charge in [0, 0.05) is 12.4 Å². The van der Waals surface area contributed by atoms with Crippen molar-refractivity contribution >= 4 is 21.6 Å². The van der Waals surface area contributed by atoms with Gasteiger partial charge in [-0.05, 0) is 41.1 Å². The first kappa shape index (κ1) is 12.9. The van der Waals surface area contributed by atoms with E-state index in [0.717, 1.165) is 16.0 Å². The molecular weight excluding hydrogens is 324 g/mol. The first-order valence-electron chi connectivity index (χ1n) is 5.87. The van der Waals surface area contributed by atoms with E-state index in [-0.39, 0.29) is 0 Å². The Morgan fingerprint density at radius 3 is 2.85 bits per heavy atom. The minimum atomic E-state index is 0.402. The van der Waals surface area contributed by atoms with Crippen molar-refractivity contribution in [3.05, 3.63) is 40.9 Å². The molecule has 0 saturated carbocycles. The van der Waals surface area contributed by atoms with Gasteiger partial charge in [0.1, 0.15) is 17.3 Å². The minimum absolute atomic E-state index is 0.402. The highest BCUT2D eigenvalue weighted by atomic mass is 79.9. The number of hydrogen-bond acceptors (Lipinski definition) is 5. The molecule has 1 aromatic carbocycles. The van der Waals surface area contributed by atoms with Crippen molar-refractivity contribution in [2.24, 2.45) is 0 Å². The van der Waals surface area contributed by atoms with Crippen LogP contribution in [0.1, 0.15) is 5.82 Å². The number of aromatic nitrogens is 4. The second-order valence-corrected chi connectivity index (χ2v) is 4.93. The fourth-order valence-corrected chi connectivity index (χ4v) is 2.23. The number of aryl methyl sites for hydroxylation is 1. The molecule has 6 nitrogen and oxygen atoms in total. The number of methoxy groups -OCH3 is 1. The zero-order chi connectivity index (χ0) is 14.1. The van der Waals surface area contributed by atoms with Crippen molar-refractivity contribution in [3.63, 3.8) is 0 Å². The molecule has 0 atom stereocenters. The van der Waals surface area contributed by atoms with Gasteiger partial charge in [0.05, 0.1) is 11.6 Å². The highest BCUT2D eigenvalue weighted by Crippen LogP contribution is 2.33. The highest BCUT2D eigenvalue weighted by molar-refractivity contribution is 9.10. The fraction of sp³-hybridized carbons (Fsp3) is 0.154. The Morgan fingerprint density at radius 2 is 2.10 bits per heavy atom. The van der Waals surface area contributed by atoms with Crippen LogP contribution in [0.3, 0.4) is 0 Å². The summed E-state index contributed by atoms with van der Waals surface area (Å²) in [7, 11) is 1.61. The number of hydrogen-bond donors (Lipinski definition) is 0. The van der Waals surface area contributed by atoms with Crippen molar-refractivity contribution in [1.29, 1.82) is 0 Å². The highest BCUT2D eigenvalue weighted by Gasteiger charge is 2.12. The summed E-state index contributed by atoms with van der Waals surface area (Å²) in [4.78, 5) is 4.20. The van der Waals surface area contributed by atoms with Gasteiger partial charge < -0.3 is 9.47 Å². The maximum atomic E-state index is 5.80. The van der Waals surface area contributed by atoms with Crippen molar-refractivity contribution in [2.45, 2.75) is 6.92 Å². The molecule has 2 heterocycles. The largest absolute Gasteiger partial charge is 0.497 e. The molecule has 0 radical (unpaired) electrons. The number of nitrogens with zero attached hydrogens (tertiary/aromatic N) is 4. The summed E-state index contributed by atoms with van der Waals surface area (Å²) in [6.45, 7) is 1.87. The van der Waals surface area contributed by atoms with Gasteiger partial charge in [-0.15, -0.1) is 10.2 Å². The lowest BCUT2D eigenvalue weighted by Crippen LogP contribution is -1.95. The van der Waals surface area contributed by atoms with Gasteiger partial charge in [-0.2, -0.15) is 0 Å². The van der Waals surface area contributed by atoms with Gasteiger partial charge in [-0.3, -0.25) is 4.40 Å². The first-order valence-corrected chi connectivity index (χ1v) is 6.66. The van der Waals surface area contributed by atoms with Gasteiger partial charge in [0.2, 0.25) is 5.65 Å². The molecule has 7 heteroatoms. The Morgan fingerprint density at radius 1 is 1.25 bits per heavy atom. The lowest BCUT2D eigenvalue weighted by Gasteiger charge is -2.08. The van der Waals surface area contributed by atoms with Crippen LogP contribution in [0.25, 0.3) is 5.65 Å². The topological polar surface area (TPSA) is 61.5 Å². The molecule has 0 aliphatic heterocycles. The Balaban J connectivity index is 2.01. The molecule has 0 saturated heterocycles. The molecule has 3 aromatic rings. The average molecular weight is 335 g/mol. The van der Waals surface area contributed by atoms with Crippen LogP contribution in [0.4, 0.5) is 0 Å². The van der Waals surface area contributed by atoms with Crippen molar-refractivity contribution in [3.8, 4) is 17.4 Å². The number of rotatable bonds is 3. The van der Waals surface area contributed by atoms with Crippen LogP contribution in [0.2, 0.25) is 0 Å². The summed E-state index contributed by atoms with van der Waals surface area (Å²) in [5.41, 5.74) is 0.577. The molecule has 102 valence electrons. The second-order valence-electron chi connectivity index (χ2n) is 4.07. The zero-order valence-electron chi connectivity index (χ0n) is 10.9. The van der Waals surface area contributed by atoms with Gasteiger partial charge in [0.15, 0.2) is 0 Å². The van der Waals surface area contributed by atoms with Crippen LogP contribution in [-0.4, -0.2) is 26.7 Å². The molecule has 0 amide bonds. The van der Waals surface area contributed by atoms with Crippen molar-refractivity contribution in [1.82, 2.24) is 19.6 Å². The van der Waals surface area contributed by atoms with Crippen molar-refractivity contribution in [2.75, 3.05) is 7.11 Å². The van der Waals surface area contributed by atoms with Crippen LogP contribution in [0, 0.1) is 6.92 Å². The zero-order valence-corrected chi connectivity index (χ0v) is 12.5. The van der Waals surface area contributed by atoms with Crippen LogP contribution in [-0.2, 0) is 0 Å². The molecule has 0 spiro atoms. The monoisotopic (exact) mass is 334 g/mol. The lowest BCUT2D eigenvalue weighted by atomic mass is 10.3. The smallest absolute Gasteiger partial charge is 0.265 e. The number of halogens is 1. The van der Waals surface area contributed by atoms with E-state index in [1.807, 2.05) is 23.5 Å². The average Bonchev–Trinajstić information content (AvgIpc) is 2.84. The maximum absolute atomic E-state index is 5.80. The summed E-state index contributed by atoms with van der Waals surface area (Å²) in [5, 5.41) is 8.07. The fourth-order valence-electron chi connectivity index (χ4n) is 1.79. The summed E-state index contributed by atoms with van der Waals surface area (Å²) < 4.78 is 13.5. The van der Waals surface area contributed by atoms with Gasteiger partial charge in [-0.1, -0.05) is 0 Å². The van der Waals surface area contributed by atoms with E-state index in [1.165, 1.54) is 0 Å². The van der Waals surface area contributed by atoms with E-state index >= 15 is 0 Å². The predicted octanol–water partition coefficient (Wildman–Crippen LogP) is 3.00. The molecule has 3 rings (SSSR count). The van der Waals surface area contributed by atoms with E-state index < -0.39 is 0 Å². The van der Waals surface area contributed by atoms with Crippen molar-refractivity contribution < 1.29 is 9.47 Å². The molecule has 0 N–H and O–H groups in total. The van der Waals surface area contributed by atoms with Gasteiger partial charge in [-0.25, -0.2) is 4.98 Å². The summed E-state index contributed by atoms with van der Waals surface area (Å²) >= 11 is 3.44. The van der Waals surface area contributed by atoms with Crippen LogP contribution in [0.5, 0.6) is 17.4 Å². The number of benzene rings is 1. The third-order valence-electron chi connectivity index (χ3n) is 2.81. The quantitative estimate of drug-likeness (QED) is 0.736. The Kier molecular flexibility index (Phi) is 3.27. The molecular formula is C13H11BrN4O2. The maximum Gasteiger partial charge on any atom is 0.265 e. The van der Waals surface area contributed by atoms with E-state index in [1.54, 1.807) is 25.6 Å². The molecule has 20 heavy (non-hydrogen) atoms. The molecule has 0 aliphatic carbocycles. The van der Waals surface area contributed by atoms with Crippen LogP contribution < -0.4 is 9.47 Å². The summed E-state index contributed by atoms with van der Waals surface area (Å²) in [6, 6.07) is 5.44. The number of fused-ring (bicyclic) bond motifs is 1. The molecule has 0 aliphatic rings. The third-order valence-corrected chi connectivity index (χ3v) is 3.43. The summed E-state index contributed by atoms with van der Waals surface area (Å²) in [5.74, 6) is 2.56. The van der Waals surface area contributed by atoms with E-state index in [9.17, 15) is 0 Å². The lowest BCUT2D eigenvalue weighted by molar-refractivity contribution is 0.411. The van der Waals surface area contributed by atoms with Gasteiger partial charge in [0.25, 0.3) is 5.88 Å². The third kappa shape index (κ3) is 2.20. The van der Waals surface area contributed by atoms with E-state index in [4.69, 9.17) is 9.47 Å². The van der Waals surface area contributed by atoms with Crippen LogP contribution >= 0.6 is 15.9 Å². The van der Waals surface area contributed by atoms with E-state index in [2.05, 4.69) is 31.1 Å². The number of ether oxygens (including phenoxy) is 2. The molecule has 2 aromatic heterocycles. The molecule has 0 unspecified atom stereocenters.